The maximum absolute atomic E-state index is 12.4. The summed E-state index contributed by atoms with van der Waals surface area (Å²) in [6, 6.07) is 12.9. The van der Waals surface area contributed by atoms with Crippen LogP contribution in [0.2, 0.25) is 0 Å². The third-order valence-corrected chi connectivity index (χ3v) is 4.60. The highest BCUT2D eigenvalue weighted by atomic mass is 16.4. The number of fused-ring (bicyclic) bond motifs is 1. The molecule has 2 aromatic carbocycles. The topological polar surface area (TPSA) is 90.3 Å². The average Bonchev–Trinajstić information content (AvgIpc) is 3.15. The van der Waals surface area contributed by atoms with Gasteiger partial charge >= 0.3 is 5.76 Å². The molecule has 7 nitrogen and oxygen atoms in total. The van der Waals surface area contributed by atoms with Gasteiger partial charge in [0.05, 0.1) is 17.6 Å². The molecular weight excluding hydrogens is 358 g/mol. The van der Waals surface area contributed by atoms with Gasteiger partial charge in [-0.25, -0.2) is 9.78 Å². The maximum atomic E-state index is 12.4. The van der Waals surface area contributed by atoms with Crippen LogP contribution in [0.4, 0.5) is 5.69 Å². The smallest absolute Gasteiger partial charge is 0.419 e. The van der Waals surface area contributed by atoms with Gasteiger partial charge < -0.3 is 14.2 Å². The Bertz CT molecular complexity index is 1230. The van der Waals surface area contributed by atoms with Gasteiger partial charge in [0.15, 0.2) is 5.58 Å². The number of hydrogen-bond acceptors (Lipinski definition) is 5. The van der Waals surface area contributed by atoms with Crippen molar-refractivity contribution in [3.8, 4) is 11.5 Å². The van der Waals surface area contributed by atoms with Crippen LogP contribution in [0.25, 0.3) is 22.6 Å². The molecule has 0 saturated carbocycles. The molecule has 28 heavy (non-hydrogen) atoms. The van der Waals surface area contributed by atoms with Crippen molar-refractivity contribution in [3.05, 3.63) is 70.0 Å². The number of aromatic nitrogens is 2. The Balaban J connectivity index is 1.51. The summed E-state index contributed by atoms with van der Waals surface area (Å²) in [6.07, 6.45) is 0.0813. The van der Waals surface area contributed by atoms with Gasteiger partial charge in [-0.05, 0) is 38.1 Å². The molecule has 0 aliphatic carbocycles. The second kappa shape index (κ2) is 6.84. The third kappa shape index (κ3) is 3.34. The number of nitrogens with zero attached hydrogens (tertiary/aromatic N) is 2. The number of hydrogen-bond donors (Lipinski definition) is 1. The van der Waals surface area contributed by atoms with Crippen molar-refractivity contribution in [1.29, 1.82) is 0 Å². The molecule has 4 rings (SSSR count). The first-order valence-electron chi connectivity index (χ1n) is 8.83. The van der Waals surface area contributed by atoms with Gasteiger partial charge in [-0.15, -0.1) is 0 Å². The second-order valence-electron chi connectivity index (χ2n) is 6.72. The van der Waals surface area contributed by atoms with E-state index >= 15 is 0 Å². The van der Waals surface area contributed by atoms with Crippen LogP contribution >= 0.6 is 0 Å². The lowest BCUT2D eigenvalue weighted by atomic mass is 10.1. The summed E-state index contributed by atoms with van der Waals surface area (Å²) in [5.41, 5.74) is 4.23. The van der Waals surface area contributed by atoms with E-state index in [9.17, 15) is 9.59 Å². The zero-order valence-electron chi connectivity index (χ0n) is 15.8. The van der Waals surface area contributed by atoms with Crippen LogP contribution in [0.15, 0.2) is 56.1 Å². The molecule has 142 valence electrons. The lowest BCUT2D eigenvalue weighted by molar-refractivity contribution is -0.115. The van der Waals surface area contributed by atoms with E-state index in [1.807, 2.05) is 31.2 Å². The lowest BCUT2D eigenvalue weighted by Crippen LogP contribution is -2.15. The summed E-state index contributed by atoms with van der Waals surface area (Å²) in [5, 5.41) is 2.80. The number of aryl methyl sites for hydroxylation is 3. The monoisotopic (exact) mass is 377 g/mol. The van der Waals surface area contributed by atoms with Crippen molar-refractivity contribution in [3.63, 3.8) is 0 Å². The van der Waals surface area contributed by atoms with E-state index < -0.39 is 5.76 Å². The quantitative estimate of drug-likeness (QED) is 0.587. The molecule has 0 spiro atoms. The van der Waals surface area contributed by atoms with Gasteiger partial charge in [-0.2, -0.15) is 0 Å². The van der Waals surface area contributed by atoms with Gasteiger partial charge in [0.1, 0.15) is 5.76 Å². The highest BCUT2D eigenvalue weighted by Crippen LogP contribution is 2.23. The van der Waals surface area contributed by atoms with E-state index in [0.717, 1.165) is 11.1 Å². The molecule has 0 atom stereocenters. The molecule has 1 amide bonds. The van der Waals surface area contributed by atoms with Crippen LogP contribution in [0.3, 0.4) is 0 Å². The molecule has 2 heterocycles. The van der Waals surface area contributed by atoms with Crippen LogP contribution < -0.4 is 11.1 Å². The van der Waals surface area contributed by atoms with Crippen molar-refractivity contribution < 1.29 is 13.6 Å². The Labute approximate surface area is 160 Å². The van der Waals surface area contributed by atoms with Crippen LogP contribution in [0.1, 0.15) is 17.0 Å². The van der Waals surface area contributed by atoms with Crippen LogP contribution in [-0.4, -0.2) is 15.5 Å². The average molecular weight is 377 g/mol. The molecule has 0 aliphatic heterocycles. The number of carbonyl (C=O) groups is 1. The van der Waals surface area contributed by atoms with Crippen LogP contribution in [-0.2, 0) is 18.3 Å². The van der Waals surface area contributed by atoms with E-state index in [1.54, 1.807) is 32.2 Å². The molecule has 7 heteroatoms. The predicted molar refractivity (Wildman–Crippen MR) is 105 cm³/mol. The predicted octanol–water partition coefficient (Wildman–Crippen LogP) is 3.58. The number of oxazole rings is 2. The molecule has 0 unspecified atom stereocenters. The summed E-state index contributed by atoms with van der Waals surface area (Å²) in [6.45, 7) is 3.80. The number of nitrogens with one attached hydrogen (secondary N) is 1. The summed E-state index contributed by atoms with van der Waals surface area (Å²) in [7, 11) is 1.63. The van der Waals surface area contributed by atoms with Crippen molar-refractivity contribution in [1.82, 2.24) is 9.55 Å². The van der Waals surface area contributed by atoms with Crippen LogP contribution in [0, 0.1) is 13.8 Å². The minimum Gasteiger partial charge on any atom is -0.441 e. The lowest BCUT2D eigenvalue weighted by Gasteiger charge is -2.04. The summed E-state index contributed by atoms with van der Waals surface area (Å²) < 4.78 is 12.3. The Kier molecular flexibility index (Phi) is 4.35. The Morgan fingerprint density at radius 3 is 2.61 bits per heavy atom. The normalized spacial score (nSPS) is 11.1. The van der Waals surface area contributed by atoms with Gasteiger partial charge in [-0.1, -0.05) is 17.7 Å². The zero-order chi connectivity index (χ0) is 19.8. The molecule has 0 fully saturated rings. The number of benzene rings is 2. The number of rotatable bonds is 4. The van der Waals surface area contributed by atoms with E-state index in [0.29, 0.717) is 34.1 Å². The first-order chi connectivity index (χ1) is 13.4. The Hall–Kier alpha value is -3.61. The molecule has 0 bridgehead atoms. The molecule has 0 saturated heterocycles. The summed E-state index contributed by atoms with van der Waals surface area (Å²) >= 11 is 0. The van der Waals surface area contributed by atoms with E-state index in [4.69, 9.17) is 8.83 Å². The molecule has 2 aromatic heterocycles. The van der Waals surface area contributed by atoms with Crippen LogP contribution in [0.5, 0.6) is 0 Å². The molecular formula is C21H19N3O4. The highest BCUT2D eigenvalue weighted by Gasteiger charge is 2.15. The first-order valence-corrected chi connectivity index (χ1v) is 8.83. The fourth-order valence-electron chi connectivity index (χ4n) is 2.98. The van der Waals surface area contributed by atoms with E-state index in [-0.39, 0.29) is 12.3 Å². The van der Waals surface area contributed by atoms with Gasteiger partial charge in [0.2, 0.25) is 11.8 Å². The summed E-state index contributed by atoms with van der Waals surface area (Å²) in [4.78, 5) is 28.5. The minimum absolute atomic E-state index is 0.0813. The molecule has 0 radical (unpaired) electrons. The van der Waals surface area contributed by atoms with Crippen molar-refractivity contribution >= 4 is 22.7 Å². The Morgan fingerprint density at radius 1 is 1.11 bits per heavy atom. The fourth-order valence-corrected chi connectivity index (χ4v) is 2.98. The molecule has 0 aliphatic rings. The molecule has 4 aromatic rings. The van der Waals surface area contributed by atoms with Crippen molar-refractivity contribution in [2.45, 2.75) is 20.3 Å². The van der Waals surface area contributed by atoms with Gasteiger partial charge in [0.25, 0.3) is 0 Å². The Morgan fingerprint density at radius 2 is 1.86 bits per heavy atom. The largest absolute Gasteiger partial charge is 0.441 e. The standard InChI is InChI=1S/C21H19N3O4/c1-12-4-6-14(7-5-12)20-23-16(13(2)27-20)11-19(25)22-15-8-9-17-18(10-15)28-21(26)24(17)3/h4-10H,11H2,1-3H3,(H,22,25). The fraction of sp³-hybridized carbons (Fsp3) is 0.190. The SMILES string of the molecule is Cc1ccc(-c2nc(CC(=O)Nc3ccc4c(c3)oc(=O)n4C)c(C)o2)cc1. The number of anilines is 1. The highest BCUT2D eigenvalue weighted by molar-refractivity contribution is 5.94. The second-order valence-corrected chi connectivity index (χ2v) is 6.72. The maximum Gasteiger partial charge on any atom is 0.419 e. The minimum atomic E-state index is -0.444. The van der Waals surface area contributed by atoms with E-state index in [1.165, 1.54) is 4.57 Å². The first kappa shape index (κ1) is 17.8. The van der Waals surface area contributed by atoms with Gasteiger partial charge in [-0.3, -0.25) is 9.36 Å². The van der Waals surface area contributed by atoms with Gasteiger partial charge in [0, 0.05) is 24.4 Å². The summed E-state index contributed by atoms with van der Waals surface area (Å²) in [5.74, 6) is 0.424. The van der Waals surface area contributed by atoms with Crippen molar-refractivity contribution in [2.75, 3.05) is 5.32 Å². The molecule has 1 N–H and O–H groups in total. The van der Waals surface area contributed by atoms with Crippen molar-refractivity contribution in [2.24, 2.45) is 7.05 Å². The van der Waals surface area contributed by atoms with E-state index in [2.05, 4.69) is 10.3 Å². The number of amides is 1. The number of carbonyl (C=O) groups excluding carboxylic acids is 1. The third-order valence-electron chi connectivity index (χ3n) is 4.60. The zero-order valence-corrected chi connectivity index (χ0v) is 15.8.